The van der Waals surface area contributed by atoms with Crippen molar-refractivity contribution in [2.24, 2.45) is 0 Å². The van der Waals surface area contributed by atoms with E-state index in [1.807, 2.05) is 19.9 Å². The average Bonchev–Trinajstić information content (AvgIpc) is 2.81. The largest absolute Gasteiger partial charge is 0.433 e. The highest BCUT2D eigenvalue weighted by Crippen LogP contribution is 2.27. The van der Waals surface area contributed by atoms with E-state index in [4.69, 9.17) is 0 Å². The Kier molecular flexibility index (Phi) is 5.76. The molecule has 1 amide bonds. The summed E-state index contributed by atoms with van der Waals surface area (Å²) in [7, 11) is 0. The Bertz CT molecular complexity index is 755. The molecule has 0 aromatic carbocycles. The van der Waals surface area contributed by atoms with Gasteiger partial charge in [0.1, 0.15) is 11.5 Å². The fraction of sp³-hybridized carbons (Fsp3) is 0.500. The number of amides is 1. The van der Waals surface area contributed by atoms with Gasteiger partial charge in [-0.25, -0.2) is 9.97 Å². The van der Waals surface area contributed by atoms with Gasteiger partial charge < -0.3 is 5.32 Å². The average molecular weight is 355 g/mol. The van der Waals surface area contributed by atoms with Crippen LogP contribution in [0.3, 0.4) is 0 Å². The van der Waals surface area contributed by atoms with Crippen LogP contribution in [-0.4, -0.2) is 32.2 Å². The number of rotatable bonds is 6. The maximum Gasteiger partial charge on any atom is 0.433 e. The number of nitrogens with zero attached hydrogens (tertiary/aromatic N) is 4. The van der Waals surface area contributed by atoms with Crippen LogP contribution in [0.4, 0.5) is 13.2 Å². The maximum atomic E-state index is 12.7. The molecule has 9 heteroatoms. The Morgan fingerprint density at radius 1 is 1.16 bits per heavy atom. The van der Waals surface area contributed by atoms with Crippen molar-refractivity contribution in [1.29, 1.82) is 0 Å². The van der Waals surface area contributed by atoms with Gasteiger partial charge in [0, 0.05) is 37.3 Å². The first-order valence-corrected chi connectivity index (χ1v) is 7.84. The second-order valence-electron chi connectivity index (χ2n) is 5.81. The van der Waals surface area contributed by atoms with Gasteiger partial charge in [0.05, 0.1) is 5.69 Å². The Labute approximate surface area is 143 Å². The standard InChI is InChI=1S/C16H20F3N5O/c1-10-9-13(16(17,18)19)22-14(21-10)4-6-20-15(25)5-7-24-12(3)8-11(2)23-24/h8-9H,4-7H2,1-3H3,(H,20,25). The predicted octanol–water partition coefficient (Wildman–Crippen LogP) is 2.37. The van der Waals surface area contributed by atoms with E-state index in [-0.39, 0.29) is 36.8 Å². The summed E-state index contributed by atoms with van der Waals surface area (Å²) in [5, 5.41) is 6.93. The second-order valence-corrected chi connectivity index (χ2v) is 5.81. The molecule has 0 aliphatic carbocycles. The molecule has 1 N–H and O–H groups in total. The van der Waals surface area contributed by atoms with Crippen LogP contribution in [0, 0.1) is 20.8 Å². The Morgan fingerprint density at radius 3 is 2.48 bits per heavy atom. The molecule has 2 aromatic heterocycles. The molecule has 2 aromatic rings. The Morgan fingerprint density at radius 2 is 1.88 bits per heavy atom. The first-order valence-electron chi connectivity index (χ1n) is 7.84. The van der Waals surface area contributed by atoms with Crippen molar-refractivity contribution < 1.29 is 18.0 Å². The zero-order chi connectivity index (χ0) is 18.6. The van der Waals surface area contributed by atoms with Gasteiger partial charge >= 0.3 is 6.18 Å². The Balaban J connectivity index is 1.83. The van der Waals surface area contributed by atoms with Gasteiger partial charge in [0.25, 0.3) is 0 Å². The lowest BCUT2D eigenvalue weighted by Gasteiger charge is -2.09. The van der Waals surface area contributed by atoms with Gasteiger partial charge in [-0.3, -0.25) is 9.48 Å². The summed E-state index contributed by atoms with van der Waals surface area (Å²) in [5.41, 5.74) is 1.13. The highest BCUT2D eigenvalue weighted by molar-refractivity contribution is 5.75. The van der Waals surface area contributed by atoms with E-state index in [1.165, 1.54) is 6.92 Å². The number of halogens is 3. The van der Waals surface area contributed by atoms with Crippen LogP contribution in [0.5, 0.6) is 0 Å². The third-order valence-electron chi connectivity index (χ3n) is 3.52. The lowest BCUT2D eigenvalue weighted by atomic mass is 10.3. The van der Waals surface area contributed by atoms with E-state index in [0.29, 0.717) is 6.54 Å². The fourth-order valence-electron chi connectivity index (χ4n) is 2.40. The monoisotopic (exact) mass is 355 g/mol. The molecular formula is C16H20F3N5O. The van der Waals surface area contributed by atoms with E-state index >= 15 is 0 Å². The summed E-state index contributed by atoms with van der Waals surface area (Å²) in [6.07, 6.45) is -4.13. The zero-order valence-electron chi connectivity index (χ0n) is 14.3. The maximum absolute atomic E-state index is 12.7. The second kappa shape index (κ2) is 7.62. The molecular weight excluding hydrogens is 335 g/mol. The van der Waals surface area contributed by atoms with Crippen molar-refractivity contribution in [2.45, 2.75) is 46.3 Å². The third kappa shape index (κ3) is 5.54. The smallest absolute Gasteiger partial charge is 0.356 e. The molecule has 0 saturated carbocycles. The topological polar surface area (TPSA) is 72.7 Å². The molecule has 0 atom stereocenters. The zero-order valence-corrected chi connectivity index (χ0v) is 14.3. The number of aromatic nitrogens is 4. The molecule has 0 spiro atoms. The number of carbonyl (C=O) groups excluding carboxylic acids is 1. The fourth-order valence-corrected chi connectivity index (χ4v) is 2.40. The highest BCUT2D eigenvalue weighted by Gasteiger charge is 2.33. The van der Waals surface area contributed by atoms with Crippen molar-refractivity contribution in [1.82, 2.24) is 25.1 Å². The molecule has 0 bridgehead atoms. The molecule has 0 saturated heterocycles. The molecule has 0 aliphatic rings. The van der Waals surface area contributed by atoms with Gasteiger partial charge in [0.2, 0.25) is 5.91 Å². The molecule has 0 radical (unpaired) electrons. The number of alkyl halides is 3. The summed E-state index contributed by atoms with van der Waals surface area (Å²) >= 11 is 0. The van der Waals surface area contributed by atoms with Crippen LogP contribution < -0.4 is 5.32 Å². The van der Waals surface area contributed by atoms with Crippen molar-refractivity contribution >= 4 is 5.91 Å². The van der Waals surface area contributed by atoms with Crippen LogP contribution in [0.25, 0.3) is 0 Å². The molecule has 0 fully saturated rings. The van der Waals surface area contributed by atoms with E-state index in [9.17, 15) is 18.0 Å². The van der Waals surface area contributed by atoms with Crippen LogP contribution in [0.2, 0.25) is 0 Å². The van der Waals surface area contributed by atoms with Crippen molar-refractivity contribution in [3.05, 3.63) is 40.7 Å². The minimum atomic E-state index is -4.51. The van der Waals surface area contributed by atoms with Crippen LogP contribution in [0.1, 0.15) is 35.0 Å². The lowest BCUT2D eigenvalue weighted by Crippen LogP contribution is -2.27. The number of hydrogen-bond acceptors (Lipinski definition) is 4. The normalized spacial score (nSPS) is 11.6. The number of aryl methyl sites for hydroxylation is 4. The number of hydrogen-bond donors (Lipinski definition) is 1. The van der Waals surface area contributed by atoms with Gasteiger partial charge in [-0.05, 0) is 32.9 Å². The minimum absolute atomic E-state index is 0.0613. The summed E-state index contributed by atoms with van der Waals surface area (Å²) < 4.78 is 39.9. The van der Waals surface area contributed by atoms with Crippen LogP contribution >= 0.6 is 0 Å². The molecule has 2 heterocycles. The summed E-state index contributed by atoms with van der Waals surface area (Å²) in [6.45, 7) is 5.89. The highest BCUT2D eigenvalue weighted by atomic mass is 19.4. The first-order chi connectivity index (χ1) is 11.6. The lowest BCUT2D eigenvalue weighted by molar-refractivity contribution is -0.141. The number of nitrogens with one attached hydrogen (secondary N) is 1. The van der Waals surface area contributed by atoms with Gasteiger partial charge in [-0.2, -0.15) is 18.3 Å². The SMILES string of the molecule is Cc1cc(C(F)(F)F)nc(CCNC(=O)CCn2nc(C)cc2C)n1. The molecule has 6 nitrogen and oxygen atoms in total. The van der Waals surface area contributed by atoms with E-state index in [1.54, 1.807) is 4.68 Å². The number of carbonyl (C=O) groups is 1. The minimum Gasteiger partial charge on any atom is -0.356 e. The van der Waals surface area contributed by atoms with Crippen molar-refractivity contribution in [2.75, 3.05) is 6.54 Å². The third-order valence-corrected chi connectivity index (χ3v) is 3.52. The molecule has 0 unspecified atom stereocenters. The summed E-state index contributed by atoms with van der Waals surface area (Å²) in [4.78, 5) is 19.3. The van der Waals surface area contributed by atoms with E-state index < -0.39 is 11.9 Å². The quantitative estimate of drug-likeness (QED) is 0.863. The van der Waals surface area contributed by atoms with E-state index in [2.05, 4.69) is 20.4 Å². The van der Waals surface area contributed by atoms with Crippen LogP contribution in [0.15, 0.2) is 12.1 Å². The van der Waals surface area contributed by atoms with Crippen molar-refractivity contribution in [3.63, 3.8) is 0 Å². The van der Waals surface area contributed by atoms with Gasteiger partial charge in [0.15, 0.2) is 0 Å². The molecule has 0 aliphatic heterocycles. The molecule has 25 heavy (non-hydrogen) atoms. The van der Waals surface area contributed by atoms with Gasteiger partial charge in [-0.15, -0.1) is 0 Å². The summed E-state index contributed by atoms with van der Waals surface area (Å²) in [5.74, 6) is -0.137. The summed E-state index contributed by atoms with van der Waals surface area (Å²) in [6, 6.07) is 2.82. The van der Waals surface area contributed by atoms with Crippen LogP contribution in [-0.2, 0) is 23.9 Å². The Hall–Kier alpha value is -2.45. The molecule has 136 valence electrons. The van der Waals surface area contributed by atoms with Crippen molar-refractivity contribution in [3.8, 4) is 0 Å². The predicted molar refractivity (Wildman–Crippen MR) is 84.8 cm³/mol. The molecule has 2 rings (SSSR count). The van der Waals surface area contributed by atoms with Gasteiger partial charge in [-0.1, -0.05) is 0 Å². The first kappa shape index (κ1) is 18.9. The van der Waals surface area contributed by atoms with E-state index in [0.717, 1.165) is 17.5 Å².